The predicted octanol–water partition coefficient (Wildman–Crippen LogP) is 1.81. The molecular formula is C14H11N3O2. The number of carbonyl (C=O) groups is 1. The first-order valence-electron chi connectivity index (χ1n) is 5.61. The van der Waals surface area contributed by atoms with Crippen molar-refractivity contribution in [2.24, 2.45) is 0 Å². The first-order valence-corrected chi connectivity index (χ1v) is 5.61. The van der Waals surface area contributed by atoms with Crippen LogP contribution >= 0.6 is 0 Å². The van der Waals surface area contributed by atoms with Crippen LogP contribution in [0, 0.1) is 18.3 Å². The normalized spacial score (nSPS) is 9.68. The van der Waals surface area contributed by atoms with Gasteiger partial charge in [-0.2, -0.15) is 5.26 Å². The Morgan fingerprint density at radius 2 is 2.11 bits per heavy atom. The van der Waals surface area contributed by atoms with Crippen LogP contribution in [0.25, 0.3) is 0 Å². The maximum Gasteiger partial charge on any atom is 0.261 e. The Labute approximate surface area is 109 Å². The third-order valence-electron chi connectivity index (χ3n) is 2.60. The number of carbonyl (C=O) groups excluding carboxylic acids is 1. The number of amides is 1. The van der Waals surface area contributed by atoms with E-state index in [1.807, 2.05) is 6.07 Å². The summed E-state index contributed by atoms with van der Waals surface area (Å²) in [4.78, 5) is 26.5. The maximum atomic E-state index is 12.0. The Hall–Kier alpha value is -2.87. The van der Waals surface area contributed by atoms with Crippen LogP contribution in [0.15, 0.2) is 41.3 Å². The second-order valence-electron chi connectivity index (χ2n) is 4.01. The van der Waals surface area contributed by atoms with Gasteiger partial charge < -0.3 is 10.3 Å². The van der Waals surface area contributed by atoms with Crippen LogP contribution in [0.5, 0.6) is 0 Å². The lowest BCUT2D eigenvalue weighted by atomic mass is 10.1. The summed E-state index contributed by atoms with van der Waals surface area (Å²) in [6.45, 7) is 1.73. The van der Waals surface area contributed by atoms with Crippen molar-refractivity contribution >= 4 is 11.6 Å². The molecule has 2 rings (SSSR count). The molecule has 5 nitrogen and oxygen atoms in total. The van der Waals surface area contributed by atoms with Crippen molar-refractivity contribution < 1.29 is 4.79 Å². The average molecular weight is 253 g/mol. The molecule has 19 heavy (non-hydrogen) atoms. The molecule has 0 atom stereocenters. The van der Waals surface area contributed by atoms with Crippen molar-refractivity contribution in [1.82, 2.24) is 4.98 Å². The lowest BCUT2D eigenvalue weighted by Gasteiger charge is -2.06. The minimum Gasteiger partial charge on any atom is -0.364 e. The average Bonchev–Trinajstić information content (AvgIpc) is 2.39. The number of benzene rings is 1. The van der Waals surface area contributed by atoms with Crippen LogP contribution in [-0.4, -0.2) is 10.9 Å². The summed E-state index contributed by atoms with van der Waals surface area (Å²) in [6.07, 6.45) is 1.36. The SMILES string of the molecule is Cc1cc(=O)c(C(=O)Nc2ccccc2C#N)c[nH]1. The number of hydrogen-bond donors (Lipinski definition) is 2. The van der Waals surface area contributed by atoms with Crippen LogP contribution in [0.3, 0.4) is 0 Å². The molecule has 0 fully saturated rings. The molecule has 0 aliphatic carbocycles. The molecule has 0 bridgehead atoms. The highest BCUT2D eigenvalue weighted by molar-refractivity contribution is 6.04. The molecular weight excluding hydrogens is 242 g/mol. The van der Waals surface area contributed by atoms with Crippen molar-refractivity contribution in [1.29, 1.82) is 5.26 Å². The van der Waals surface area contributed by atoms with Gasteiger partial charge in [0.15, 0.2) is 5.43 Å². The zero-order valence-electron chi connectivity index (χ0n) is 10.2. The number of hydrogen-bond acceptors (Lipinski definition) is 3. The summed E-state index contributed by atoms with van der Waals surface area (Å²) in [7, 11) is 0. The second-order valence-corrected chi connectivity index (χ2v) is 4.01. The Bertz CT molecular complexity index is 726. The molecule has 0 aliphatic heterocycles. The summed E-state index contributed by atoms with van der Waals surface area (Å²) in [5, 5.41) is 11.5. The fourth-order valence-corrected chi connectivity index (χ4v) is 1.63. The highest BCUT2D eigenvalue weighted by Gasteiger charge is 2.12. The van der Waals surface area contributed by atoms with Crippen LogP contribution in [-0.2, 0) is 0 Å². The van der Waals surface area contributed by atoms with Crippen LogP contribution in [0.2, 0.25) is 0 Å². The molecule has 0 spiro atoms. The largest absolute Gasteiger partial charge is 0.364 e. The van der Waals surface area contributed by atoms with E-state index < -0.39 is 5.91 Å². The van der Waals surface area contributed by atoms with Gasteiger partial charge in [0.2, 0.25) is 0 Å². The minimum absolute atomic E-state index is 0.0124. The number of nitrogens with zero attached hydrogens (tertiary/aromatic N) is 1. The van der Waals surface area contributed by atoms with E-state index in [0.717, 1.165) is 0 Å². The molecule has 1 aromatic heterocycles. The standard InChI is InChI=1S/C14H11N3O2/c1-9-6-13(18)11(8-16-9)14(19)17-12-5-3-2-4-10(12)7-15/h2-6,8H,1H3,(H,16,18)(H,17,19). The predicted molar refractivity (Wildman–Crippen MR) is 70.9 cm³/mol. The fourth-order valence-electron chi connectivity index (χ4n) is 1.63. The van der Waals surface area contributed by atoms with Crippen molar-refractivity contribution in [2.75, 3.05) is 5.32 Å². The maximum absolute atomic E-state index is 12.0. The van der Waals surface area contributed by atoms with E-state index in [0.29, 0.717) is 16.9 Å². The van der Waals surface area contributed by atoms with E-state index in [-0.39, 0.29) is 11.0 Å². The Morgan fingerprint density at radius 1 is 1.37 bits per heavy atom. The van der Waals surface area contributed by atoms with E-state index in [1.54, 1.807) is 31.2 Å². The molecule has 1 heterocycles. The molecule has 0 radical (unpaired) electrons. The summed E-state index contributed by atoms with van der Waals surface area (Å²) < 4.78 is 0. The number of pyridine rings is 1. The highest BCUT2D eigenvalue weighted by Crippen LogP contribution is 2.14. The Morgan fingerprint density at radius 3 is 2.79 bits per heavy atom. The van der Waals surface area contributed by atoms with Crippen LogP contribution < -0.4 is 10.7 Å². The lowest BCUT2D eigenvalue weighted by molar-refractivity contribution is 0.102. The Kier molecular flexibility index (Phi) is 3.44. The van der Waals surface area contributed by atoms with Crippen molar-refractivity contribution in [3.63, 3.8) is 0 Å². The number of nitriles is 1. The van der Waals surface area contributed by atoms with Gasteiger partial charge in [-0.3, -0.25) is 9.59 Å². The summed E-state index contributed by atoms with van der Waals surface area (Å²) in [5.74, 6) is -0.538. The number of nitrogens with one attached hydrogen (secondary N) is 2. The van der Waals surface area contributed by atoms with Gasteiger partial charge in [-0.1, -0.05) is 12.1 Å². The van der Waals surface area contributed by atoms with E-state index in [1.165, 1.54) is 12.3 Å². The fraction of sp³-hybridized carbons (Fsp3) is 0.0714. The van der Waals surface area contributed by atoms with Crippen molar-refractivity contribution in [3.8, 4) is 6.07 Å². The first kappa shape index (κ1) is 12.6. The van der Waals surface area contributed by atoms with E-state index >= 15 is 0 Å². The molecule has 2 N–H and O–H groups in total. The van der Waals surface area contributed by atoms with Crippen LogP contribution in [0.4, 0.5) is 5.69 Å². The van der Waals surface area contributed by atoms with Crippen molar-refractivity contribution in [3.05, 3.63) is 63.6 Å². The number of H-pyrrole nitrogens is 1. The van der Waals surface area contributed by atoms with Gasteiger partial charge in [0.1, 0.15) is 11.6 Å². The molecule has 0 aliphatic rings. The monoisotopic (exact) mass is 253 g/mol. The number of para-hydroxylation sites is 1. The van der Waals surface area contributed by atoms with Gasteiger partial charge in [0.25, 0.3) is 5.91 Å². The second kappa shape index (κ2) is 5.19. The van der Waals surface area contributed by atoms with E-state index in [2.05, 4.69) is 10.3 Å². The van der Waals surface area contributed by atoms with Crippen LogP contribution in [0.1, 0.15) is 21.6 Å². The van der Waals surface area contributed by atoms with Gasteiger partial charge in [0, 0.05) is 18.0 Å². The number of anilines is 1. The summed E-state index contributed by atoms with van der Waals surface area (Å²) in [6, 6.07) is 9.94. The van der Waals surface area contributed by atoms with E-state index in [9.17, 15) is 9.59 Å². The zero-order valence-corrected chi connectivity index (χ0v) is 10.2. The number of aromatic amines is 1. The van der Waals surface area contributed by atoms with Crippen molar-refractivity contribution in [2.45, 2.75) is 6.92 Å². The van der Waals surface area contributed by atoms with Gasteiger partial charge in [-0.05, 0) is 19.1 Å². The molecule has 0 saturated carbocycles. The minimum atomic E-state index is -0.538. The highest BCUT2D eigenvalue weighted by atomic mass is 16.2. The third-order valence-corrected chi connectivity index (χ3v) is 2.60. The summed E-state index contributed by atoms with van der Waals surface area (Å²) >= 11 is 0. The molecule has 0 unspecified atom stereocenters. The third kappa shape index (κ3) is 2.69. The molecule has 1 amide bonds. The topological polar surface area (TPSA) is 85.8 Å². The molecule has 5 heteroatoms. The number of aromatic nitrogens is 1. The van der Waals surface area contributed by atoms with Gasteiger partial charge in [-0.25, -0.2) is 0 Å². The number of rotatable bonds is 2. The van der Waals surface area contributed by atoms with Gasteiger partial charge >= 0.3 is 0 Å². The molecule has 2 aromatic rings. The van der Waals surface area contributed by atoms with E-state index in [4.69, 9.17) is 5.26 Å². The quantitative estimate of drug-likeness (QED) is 0.855. The molecule has 0 saturated heterocycles. The summed E-state index contributed by atoms with van der Waals surface area (Å²) in [5.41, 5.74) is 1.06. The lowest BCUT2D eigenvalue weighted by Crippen LogP contribution is -2.21. The number of aryl methyl sites for hydroxylation is 1. The zero-order chi connectivity index (χ0) is 13.8. The molecule has 94 valence electrons. The smallest absolute Gasteiger partial charge is 0.261 e. The van der Waals surface area contributed by atoms with Gasteiger partial charge in [0.05, 0.1) is 11.3 Å². The first-order chi connectivity index (χ1) is 9.11. The molecule has 1 aromatic carbocycles. The van der Waals surface area contributed by atoms with Gasteiger partial charge in [-0.15, -0.1) is 0 Å². The Balaban J connectivity index is 2.32.